The number of aromatic nitrogens is 4. The highest BCUT2D eigenvalue weighted by Crippen LogP contribution is 2.35. The SMILES string of the molecule is Clc1cc(Nc2ncnc3cc[nH]c23)ccc1Oc1cccc2ncccc12. The van der Waals surface area contributed by atoms with E-state index in [0.29, 0.717) is 22.3 Å². The molecular weight excluding hydrogens is 374 g/mol. The number of anilines is 2. The zero-order valence-corrected chi connectivity index (χ0v) is 15.3. The lowest BCUT2D eigenvalue weighted by Gasteiger charge is -2.12. The van der Waals surface area contributed by atoms with Gasteiger partial charge in [-0.2, -0.15) is 0 Å². The topological polar surface area (TPSA) is 75.7 Å². The number of ether oxygens (including phenoxy) is 1. The van der Waals surface area contributed by atoms with E-state index in [1.165, 1.54) is 6.33 Å². The summed E-state index contributed by atoms with van der Waals surface area (Å²) in [5, 5.41) is 4.68. The number of nitrogens with one attached hydrogen (secondary N) is 2. The Balaban J connectivity index is 1.44. The minimum atomic E-state index is 0.489. The van der Waals surface area contributed by atoms with Crippen LogP contribution in [-0.4, -0.2) is 19.9 Å². The van der Waals surface area contributed by atoms with Crippen LogP contribution in [0.2, 0.25) is 5.02 Å². The lowest BCUT2D eigenvalue weighted by Crippen LogP contribution is -1.96. The summed E-state index contributed by atoms with van der Waals surface area (Å²) in [6, 6.07) is 17.0. The molecule has 5 aromatic rings. The van der Waals surface area contributed by atoms with Crippen LogP contribution in [0.1, 0.15) is 0 Å². The number of fused-ring (bicyclic) bond motifs is 2. The average Bonchev–Trinajstić information content (AvgIpc) is 3.20. The highest BCUT2D eigenvalue weighted by Gasteiger charge is 2.10. The summed E-state index contributed by atoms with van der Waals surface area (Å²) in [5.74, 6) is 1.95. The summed E-state index contributed by atoms with van der Waals surface area (Å²) in [7, 11) is 0. The number of rotatable bonds is 4. The summed E-state index contributed by atoms with van der Waals surface area (Å²) in [5.41, 5.74) is 3.34. The lowest BCUT2D eigenvalue weighted by molar-refractivity contribution is 0.488. The molecule has 0 aliphatic heterocycles. The number of aromatic amines is 1. The Bertz CT molecular complexity index is 1300. The van der Waals surface area contributed by atoms with E-state index in [4.69, 9.17) is 16.3 Å². The molecule has 2 N–H and O–H groups in total. The number of halogens is 1. The first-order chi connectivity index (χ1) is 13.8. The minimum Gasteiger partial charge on any atom is -0.455 e. The predicted molar refractivity (Wildman–Crippen MR) is 110 cm³/mol. The average molecular weight is 388 g/mol. The van der Waals surface area contributed by atoms with Gasteiger partial charge in [-0.1, -0.05) is 17.7 Å². The molecule has 0 amide bonds. The molecular formula is C21H14ClN5O. The fourth-order valence-electron chi connectivity index (χ4n) is 3.05. The van der Waals surface area contributed by atoms with E-state index in [1.807, 2.05) is 54.7 Å². The maximum atomic E-state index is 6.47. The van der Waals surface area contributed by atoms with Gasteiger partial charge in [-0.05, 0) is 48.5 Å². The quantitative estimate of drug-likeness (QED) is 0.414. The third kappa shape index (κ3) is 3.00. The lowest BCUT2D eigenvalue weighted by atomic mass is 10.2. The highest BCUT2D eigenvalue weighted by atomic mass is 35.5. The molecule has 0 unspecified atom stereocenters. The molecule has 0 saturated carbocycles. The second kappa shape index (κ2) is 6.83. The van der Waals surface area contributed by atoms with Gasteiger partial charge in [-0.25, -0.2) is 9.97 Å². The normalized spacial score (nSPS) is 11.0. The highest BCUT2D eigenvalue weighted by molar-refractivity contribution is 6.32. The molecule has 0 bridgehead atoms. The van der Waals surface area contributed by atoms with Crippen LogP contribution in [0.25, 0.3) is 21.9 Å². The van der Waals surface area contributed by atoms with Crippen molar-refractivity contribution in [2.24, 2.45) is 0 Å². The first-order valence-corrected chi connectivity index (χ1v) is 9.02. The molecule has 28 heavy (non-hydrogen) atoms. The first-order valence-electron chi connectivity index (χ1n) is 8.64. The van der Waals surface area contributed by atoms with E-state index in [1.54, 1.807) is 12.3 Å². The number of hydrogen-bond acceptors (Lipinski definition) is 5. The molecule has 136 valence electrons. The molecule has 0 spiro atoms. The van der Waals surface area contributed by atoms with Gasteiger partial charge in [-0.3, -0.25) is 4.98 Å². The molecule has 0 fully saturated rings. The molecule has 0 atom stereocenters. The molecule has 3 aromatic heterocycles. The summed E-state index contributed by atoms with van der Waals surface area (Å²) < 4.78 is 6.05. The molecule has 3 heterocycles. The second-order valence-corrected chi connectivity index (χ2v) is 6.57. The number of pyridine rings is 1. The van der Waals surface area contributed by atoms with Crippen molar-refractivity contribution in [3.05, 3.63) is 78.3 Å². The van der Waals surface area contributed by atoms with Crippen molar-refractivity contribution in [1.82, 2.24) is 19.9 Å². The molecule has 5 rings (SSSR count). The summed E-state index contributed by atoms with van der Waals surface area (Å²) in [6.45, 7) is 0. The molecule has 0 aliphatic rings. The van der Waals surface area contributed by atoms with Crippen molar-refractivity contribution < 1.29 is 4.74 Å². The van der Waals surface area contributed by atoms with Crippen LogP contribution in [0.15, 0.2) is 73.3 Å². The maximum absolute atomic E-state index is 6.47. The molecule has 2 aromatic carbocycles. The number of hydrogen-bond donors (Lipinski definition) is 2. The van der Waals surface area contributed by atoms with Crippen LogP contribution in [-0.2, 0) is 0 Å². The predicted octanol–water partition coefficient (Wildman–Crippen LogP) is 5.70. The van der Waals surface area contributed by atoms with Gasteiger partial charge in [0.1, 0.15) is 23.3 Å². The summed E-state index contributed by atoms with van der Waals surface area (Å²) >= 11 is 6.47. The van der Waals surface area contributed by atoms with Gasteiger partial charge >= 0.3 is 0 Å². The van der Waals surface area contributed by atoms with E-state index in [9.17, 15) is 0 Å². The van der Waals surface area contributed by atoms with Gasteiger partial charge in [0.15, 0.2) is 5.82 Å². The van der Waals surface area contributed by atoms with Crippen molar-refractivity contribution in [2.75, 3.05) is 5.32 Å². The fraction of sp³-hybridized carbons (Fsp3) is 0. The van der Waals surface area contributed by atoms with E-state index in [0.717, 1.165) is 27.6 Å². The monoisotopic (exact) mass is 387 g/mol. The van der Waals surface area contributed by atoms with Gasteiger partial charge in [-0.15, -0.1) is 0 Å². The molecule has 0 radical (unpaired) electrons. The Labute approximate surface area is 165 Å². The van der Waals surface area contributed by atoms with Crippen molar-refractivity contribution in [3.63, 3.8) is 0 Å². The van der Waals surface area contributed by atoms with Crippen LogP contribution in [0.3, 0.4) is 0 Å². The van der Waals surface area contributed by atoms with Gasteiger partial charge in [0.05, 0.1) is 16.1 Å². The number of benzene rings is 2. The van der Waals surface area contributed by atoms with Gasteiger partial charge in [0.2, 0.25) is 0 Å². The molecule has 7 heteroatoms. The van der Waals surface area contributed by atoms with Crippen LogP contribution in [0.4, 0.5) is 11.5 Å². The van der Waals surface area contributed by atoms with Crippen molar-refractivity contribution in [2.45, 2.75) is 0 Å². The van der Waals surface area contributed by atoms with Crippen LogP contribution in [0, 0.1) is 0 Å². The Kier molecular flexibility index (Phi) is 4.03. The zero-order valence-electron chi connectivity index (χ0n) is 14.6. The maximum Gasteiger partial charge on any atom is 0.158 e. The molecule has 0 aliphatic carbocycles. The Hall–Kier alpha value is -3.64. The summed E-state index contributed by atoms with van der Waals surface area (Å²) in [6.07, 6.45) is 5.10. The smallest absolute Gasteiger partial charge is 0.158 e. The molecule has 6 nitrogen and oxygen atoms in total. The van der Waals surface area contributed by atoms with E-state index in [-0.39, 0.29) is 0 Å². The third-order valence-electron chi connectivity index (χ3n) is 4.37. The number of H-pyrrole nitrogens is 1. The minimum absolute atomic E-state index is 0.489. The van der Waals surface area contributed by atoms with Gasteiger partial charge in [0, 0.05) is 23.5 Å². The van der Waals surface area contributed by atoms with Crippen molar-refractivity contribution in [1.29, 1.82) is 0 Å². The molecule has 0 saturated heterocycles. The van der Waals surface area contributed by atoms with Crippen LogP contribution in [0.5, 0.6) is 11.5 Å². The van der Waals surface area contributed by atoms with Crippen LogP contribution >= 0.6 is 11.6 Å². The Morgan fingerprint density at radius 2 is 1.86 bits per heavy atom. The van der Waals surface area contributed by atoms with E-state index < -0.39 is 0 Å². The third-order valence-corrected chi connectivity index (χ3v) is 4.66. The van der Waals surface area contributed by atoms with Crippen molar-refractivity contribution >= 4 is 45.0 Å². The largest absolute Gasteiger partial charge is 0.455 e. The fourth-order valence-corrected chi connectivity index (χ4v) is 3.27. The zero-order chi connectivity index (χ0) is 18.9. The first kappa shape index (κ1) is 16.5. The van der Waals surface area contributed by atoms with Gasteiger partial charge < -0.3 is 15.0 Å². The Morgan fingerprint density at radius 3 is 2.79 bits per heavy atom. The van der Waals surface area contributed by atoms with Crippen molar-refractivity contribution in [3.8, 4) is 11.5 Å². The summed E-state index contributed by atoms with van der Waals surface area (Å²) in [4.78, 5) is 16.0. The Morgan fingerprint density at radius 1 is 0.893 bits per heavy atom. The second-order valence-electron chi connectivity index (χ2n) is 6.16. The standard InChI is InChI=1S/C21H14ClN5O/c22-15-11-13(27-21-20-17(8-10-24-20)25-12-26-21)6-7-19(15)28-18-5-1-4-16-14(18)3-2-9-23-16/h1-12,24H,(H,25,26,27). The van der Waals surface area contributed by atoms with E-state index >= 15 is 0 Å². The van der Waals surface area contributed by atoms with Crippen LogP contribution < -0.4 is 10.1 Å². The van der Waals surface area contributed by atoms with Gasteiger partial charge in [0.25, 0.3) is 0 Å². The number of nitrogens with zero attached hydrogens (tertiary/aromatic N) is 3. The van der Waals surface area contributed by atoms with E-state index in [2.05, 4.69) is 25.3 Å².